The van der Waals surface area contributed by atoms with Crippen molar-refractivity contribution in [3.63, 3.8) is 0 Å². The van der Waals surface area contributed by atoms with E-state index < -0.39 is 11.7 Å². The molecule has 2 aromatic rings. The van der Waals surface area contributed by atoms with Gasteiger partial charge in [-0.05, 0) is 41.2 Å². The monoisotopic (exact) mass is 278 g/mol. The maximum Gasteiger partial charge on any atom is 0.416 e. The van der Waals surface area contributed by atoms with Crippen LogP contribution in [0.4, 0.5) is 13.2 Å². The summed E-state index contributed by atoms with van der Waals surface area (Å²) in [4.78, 5) is 0. The van der Waals surface area contributed by atoms with Gasteiger partial charge in [0.05, 0.1) is 5.56 Å². The SMILES string of the molecule is CC(C)Cc1ccc(-c2ccc(C(F)(F)F)cc2)cc1. The quantitative estimate of drug-likeness (QED) is 0.688. The number of rotatable bonds is 3. The van der Waals surface area contributed by atoms with Gasteiger partial charge < -0.3 is 0 Å². The van der Waals surface area contributed by atoms with Crippen LogP contribution in [0.3, 0.4) is 0 Å². The summed E-state index contributed by atoms with van der Waals surface area (Å²) < 4.78 is 37.5. The second kappa shape index (κ2) is 5.70. The van der Waals surface area contributed by atoms with Gasteiger partial charge in [-0.15, -0.1) is 0 Å². The van der Waals surface area contributed by atoms with Crippen LogP contribution < -0.4 is 0 Å². The van der Waals surface area contributed by atoms with Gasteiger partial charge in [0.25, 0.3) is 0 Å². The lowest BCUT2D eigenvalue weighted by molar-refractivity contribution is -0.137. The highest BCUT2D eigenvalue weighted by molar-refractivity contribution is 5.64. The molecule has 0 radical (unpaired) electrons. The summed E-state index contributed by atoms with van der Waals surface area (Å²) in [5.74, 6) is 0.590. The zero-order valence-corrected chi connectivity index (χ0v) is 11.5. The molecule has 0 spiro atoms. The van der Waals surface area contributed by atoms with Crippen molar-refractivity contribution in [1.82, 2.24) is 0 Å². The molecule has 0 atom stereocenters. The van der Waals surface area contributed by atoms with E-state index in [-0.39, 0.29) is 0 Å². The van der Waals surface area contributed by atoms with Gasteiger partial charge in [-0.2, -0.15) is 13.2 Å². The van der Waals surface area contributed by atoms with Crippen molar-refractivity contribution in [2.24, 2.45) is 5.92 Å². The molecular weight excluding hydrogens is 261 g/mol. The van der Waals surface area contributed by atoms with Gasteiger partial charge in [0.2, 0.25) is 0 Å². The van der Waals surface area contributed by atoms with Crippen LogP contribution in [0.2, 0.25) is 0 Å². The lowest BCUT2D eigenvalue weighted by Gasteiger charge is -2.09. The molecule has 0 saturated carbocycles. The molecule has 0 saturated heterocycles. The van der Waals surface area contributed by atoms with Gasteiger partial charge in [0.1, 0.15) is 0 Å². The van der Waals surface area contributed by atoms with E-state index in [1.807, 2.05) is 24.3 Å². The molecule has 3 heteroatoms. The van der Waals surface area contributed by atoms with E-state index in [1.165, 1.54) is 17.7 Å². The largest absolute Gasteiger partial charge is 0.416 e. The second-order valence-electron chi connectivity index (χ2n) is 5.37. The summed E-state index contributed by atoms with van der Waals surface area (Å²) in [5.41, 5.74) is 2.37. The highest BCUT2D eigenvalue weighted by Crippen LogP contribution is 2.31. The van der Waals surface area contributed by atoms with E-state index in [9.17, 15) is 13.2 Å². The summed E-state index contributed by atoms with van der Waals surface area (Å²) in [6.07, 6.45) is -3.27. The Morgan fingerprint density at radius 1 is 0.800 bits per heavy atom. The number of hydrogen-bond acceptors (Lipinski definition) is 0. The number of alkyl halides is 3. The zero-order valence-electron chi connectivity index (χ0n) is 11.5. The van der Waals surface area contributed by atoms with Crippen LogP contribution in [-0.4, -0.2) is 0 Å². The minimum atomic E-state index is -4.28. The maximum absolute atomic E-state index is 12.5. The summed E-state index contributed by atoms with van der Waals surface area (Å²) in [7, 11) is 0. The Kier molecular flexibility index (Phi) is 4.17. The molecule has 2 rings (SSSR count). The molecule has 0 aromatic heterocycles. The predicted molar refractivity (Wildman–Crippen MR) is 75.4 cm³/mol. The Labute approximate surface area is 117 Å². The van der Waals surface area contributed by atoms with Gasteiger partial charge >= 0.3 is 6.18 Å². The molecule has 0 bridgehead atoms. The third kappa shape index (κ3) is 3.62. The van der Waals surface area contributed by atoms with Gasteiger partial charge in [-0.3, -0.25) is 0 Å². The Bertz CT molecular complexity index is 548. The van der Waals surface area contributed by atoms with Crippen LogP contribution in [-0.2, 0) is 12.6 Å². The van der Waals surface area contributed by atoms with Crippen molar-refractivity contribution in [2.45, 2.75) is 26.4 Å². The minimum Gasteiger partial charge on any atom is -0.166 e. The van der Waals surface area contributed by atoms with Crippen LogP contribution in [0.5, 0.6) is 0 Å². The molecule has 0 fully saturated rings. The predicted octanol–water partition coefficient (Wildman–Crippen LogP) is 5.57. The van der Waals surface area contributed by atoms with Gasteiger partial charge in [-0.1, -0.05) is 50.2 Å². The van der Waals surface area contributed by atoms with Crippen molar-refractivity contribution in [3.8, 4) is 11.1 Å². The van der Waals surface area contributed by atoms with E-state index >= 15 is 0 Å². The van der Waals surface area contributed by atoms with E-state index in [1.54, 1.807) is 0 Å². The van der Waals surface area contributed by atoms with Crippen molar-refractivity contribution < 1.29 is 13.2 Å². The zero-order chi connectivity index (χ0) is 14.8. The molecular formula is C17H17F3. The fourth-order valence-corrected chi connectivity index (χ4v) is 2.16. The smallest absolute Gasteiger partial charge is 0.166 e. The number of benzene rings is 2. The van der Waals surface area contributed by atoms with Gasteiger partial charge in [-0.25, -0.2) is 0 Å². The summed E-state index contributed by atoms with van der Waals surface area (Å²) in [6, 6.07) is 13.3. The van der Waals surface area contributed by atoms with Gasteiger partial charge in [0, 0.05) is 0 Å². The Morgan fingerprint density at radius 3 is 1.65 bits per heavy atom. The van der Waals surface area contributed by atoms with E-state index in [4.69, 9.17) is 0 Å². The first-order chi connectivity index (χ1) is 9.36. The topological polar surface area (TPSA) is 0 Å². The Hall–Kier alpha value is -1.77. The van der Waals surface area contributed by atoms with E-state index in [0.717, 1.165) is 29.7 Å². The van der Waals surface area contributed by atoms with Crippen molar-refractivity contribution in [2.75, 3.05) is 0 Å². The fourth-order valence-electron chi connectivity index (χ4n) is 2.16. The summed E-state index contributed by atoms with van der Waals surface area (Å²) in [6.45, 7) is 4.31. The molecule has 0 aliphatic carbocycles. The molecule has 0 unspecified atom stereocenters. The van der Waals surface area contributed by atoms with Crippen molar-refractivity contribution in [3.05, 3.63) is 59.7 Å². The first kappa shape index (κ1) is 14.6. The normalized spacial score (nSPS) is 11.9. The molecule has 0 aliphatic rings. The van der Waals surface area contributed by atoms with Crippen LogP contribution in [0.15, 0.2) is 48.5 Å². The summed E-state index contributed by atoms with van der Waals surface area (Å²) in [5, 5.41) is 0. The standard InChI is InChI=1S/C17H17F3/c1-12(2)11-13-3-5-14(6-4-13)15-7-9-16(10-8-15)17(18,19)20/h3-10,12H,11H2,1-2H3. The minimum absolute atomic E-state index is 0.590. The average molecular weight is 278 g/mol. The lowest BCUT2D eigenvalue weighted by Crippen LogP contribution is -2.03. The molecule has 0 aliphatic heterocycles. The first-order valence-corrected chi connectivity index (χ1v) is 6.63. The van der Waals surface area contributed by atoms with Gasteiger partial charge in [0.15, 0.2) is 0 Å². The maximum atomic E-state index is 12.5. The molecule has 2 aromatic carbocycles. The van der Waals surface area contributed by atoms with Crippen LogP contribution >= 0.6 is 0 Å². The molecule has 106 valence electrons. The molecule has 20 heavy (non-hydrogen) atoms. The first-order valence-electron chi connectivity index (χ1n) is 6.63. The number of halogens is 3. The Morgan fingerprint density at radius 2 is 1.25 bits per heavy atom. The Balaban J connectivity index is 2.19. The third-order valence-corrected chi connectivity index (χ3v) is 3.14. The van der Waals surface area contributed by atoms with Crippen molar-refractivity contribution >= 4 is 0 Å². The molecule has 0 heterocycles. The van der Waals surface area contributed by atoms with Crippen LogP contribution in [0, 0.1) is 5.92 Å². The second-order valence-corrected chi connectivity index (χ2v) is 5.37. The lowest BCUT2D eigenvalue weighted by atomic mass is 9.98. The van der Waals surface area contributed by atoms with Crippen LogP contribution in [0.25, 0.3) is 11.1 Å². The van der Waals surface area contributed by atoms with Crippen LogP contribution in [0.1, 0.15) is 25.0 Å². The van der Waals surface area contributed by atoms with Crippen molar-refractivity contribution in [1.29, 1.82) is 0 Å². The third-order valence-electron chi connectivity index (χ3n) is 3.14. The van der Waals surface area contributed by atoms with E-state index in [0.29, 0.717) is 5.92 Å². The summed E-state index contributed by atoms with van der Waals surface area (Å²) >= 11 is 0. The fraction of sp³-hybridized carbons (Fsp3) is 0.294. The molecule has 0 nitrogen and oxygen atoms in total. The average Bonchev–Trinajstić information content (AvgIpc) is 2.38. The van der Waals surface area contributed by atoms with E-state index in [2.05, 4.69) is 13.8 Å². The number of hydrogen-bond donors (Lipinski definition) is 0. The molecule has 0 amide bonds. The highest BCUT2D eigenvalue weighted by atomic mass is 19.4. The highest BCUT2D eigenvalue weighted by Gasteiger charge is 2.29. The molecule has 0 N–H and O–H groups in total.